The van der Waals surface area contributed by atoms with Crippen LogP contribution in [0.1, 0.15) is 44.3 Å². The van der Waals surface area contributed by atoms with Crippen molar-refractivity contribution in [2.75, 3.05) is 32.7 Å². The van der Waals surface area contributed by atoms with Gasteiger partial charge in [0, 0.05) is 13.1 Å². The van der Waals surface area contributed by atoms with Gasteiger partial charge in [-0.25, -0.2) is 0 Å². The molecular formula is C16H29IN4O. The highest BCUT2D eigenvalue weighted by Gasteiger charge is 2.25. The fraction of sp³-hybridized carbons (Fsp3) is 0.688. The van der Waals surface area contributed by atoms with Gasteiger partial charge < -0.3 is 15.1 Å². The van der Waals surface area contributed by atoms with E-state index < -0.39 is 0 Å². The number of halogens is 1. The first-order valence-electron chi connectivity index (χ1n) is 8.01. The van der Waals surface area contributed by atoms with Crippen molar-refractivity contribution in [3.05, 3.63) is 23.7 Å². The normalized spacial score (nSPS) is 17.3. The SMILES string of the molecule is CCN(CC)C(N)=NCC(c1ccc(C)o1)N1CCCC1.I. The summed E-state index contributed by atoms with van der Waals surface area (Å²) in [6.45, 7) is 10.9. The maximum atomic E-state index is 6.10. The molecule has 0 amide bonds. The predicted octanol–water partition coefficient (Wildman–Crippen LogP) is 3.00. The highest BCUT2D eigenvalue weighted by molar-refractivity contribution is 14.0. The quantitative estimate of drug-likeness (QED) is 0.437. The molecule has 2 N–H and O–H groups in total. The molecule has 0 radical (unpaired) electrons. The summed E-state index contributed by atoms with van der Waals surface area (Å²) in [4.78, 5) is 9.15. The Bertz CT molecular complexity index is 464. The monoisotopic (exact) mass is 420 g/mol. The molecule has 126 valence electrons. The summed E-state index contributed by atoms with van der Waals surface area (Å²) in [5.74, 6) is 2.59. The van der Waals surface area contributed by atoms with Crippen molar-refractivity contribution in [2.24, 2.45) is 10.7 Å². The number of hydrogen-bond acceptors (Lipinski definition) is 3. The number of furan rings is 1. The molecule has 1 unspecified atom stereocenters. The molecule has 1 atom stereocenters. The van der Waals surface area contributed by atoms with Crippen LogP contribution in [0.5, 0.6) is 0 Å². The third-order valence-electron chi connectivity index (χ3n) is 4.18. The van der Waals surface area contributed by atoms with Crippen LogP contribution in [0.15, 0.2) is 21.5 Å². The molecule has 1 fully saturated rings. The number of rotatable bonds is 6. The molecule has 2 rings (SSSR count). The van der Waals surface area contributed by atoms with E-state index in [4.69, 9.17) is 10.2 Å². The van der Waals surface area contributed by atoms with Gasteiger partial charge in [-0.15, -0.1) is 24.0 Å². The Morgan fingerprint density at radius 2 is 1.95 bits per heavy atom. The molecular weight excluding hydrogens is 391 g/mol. The molecule has 1 aromatic rings. The first-order chi connectivity index (χ1) is 10.2. The number of nitrogens with two attached hydrogens (primary N) is 1. The summed E-state index contributed by atoms with van der Waals surface area (Å²) in [6.07, 6.45) is 2.51. The van der Waals surface area contributed by atoms with E-state index in [-0.39, 0.29) is 30.0 Å². The molecule has 0 saturated carbocycles. The van der Waals surface area contributed by atoms with Crippen molar-refractivity contribution >= 4 is 29.9 Å². The Labute approximate surface area is 150 Å². The van der Waals surface area contributed by atoms with E-state index in [2.05, 4.69) is 34.7 Å². The third kappa shape index (κ3) is 4.87. The van der Waals surface area contributed by atoms with Crippen molar-refractivity contribution in [3.8, 4) is 0 Å². The van der Waals surface area contributed by atoms with Crippen LogP contribution in [0, 0.1) is 6.92 Å². The minimum absolute atomic E-state index is 0. The van der Waals surface area contributed by atoms with E-state index in [1.54, 1.807) is 0 Å². The van der Waals surface area contributed by atoms with Gasteiger partial charge >= 0.3 is 0 Å². The van der Waals surface area contributed by atoms with Crippen LogP contribution >= 0.6 is 24.0 Å². The zero-order chi connectivity index (χ0) is 15.2. The Hall–Kier alpha value is -0.760. The van der Waals surface area contributed by atoms with Gasteiger partial charge in [0.25, 0.3) is 0 Å². The van der Waals surface area contributed by atoms with Crippen LogP contribution in [0.3, 0.4) is 0 Å². The van der Waals surface area contributed by atoms with Crippen molar-refractivity contribution in [2.45, 2.75) is 39.7 Å². The summed E-state index contributed by atoms with van der Waals surface area (Å²) in [5.41, 5.74) is 6.10. The molecule has 2 heterocycles. The lowest BCUT2D eigenvalue weighted by atomic mass is 10.2. The maximum absolute atomic E-state index is 6.10. The van der Waals surface area contributed by atoms with Crippen LogP contribution in [0.4, 0.5) is 0 Å². The van der Waals surface area contributed by atoms with Gasteiger partial charge in [-0.05, 0) is 58.8 Å². The third-order valence-corrected chi connectivity index (χ3v) is 4.18. The highest BCUT2D eigenvalue weighted by atomic mass is 127. The molecule has 0 aromatic carbocycles. The van der Waals surface area contributed by atoms with Crippen molar-refractivity contribution in [1.82, 2.24) is 9.80 Å². The molecule has 1 aliphatic heterocycles. The summed E-state index contributed by atoms with van der Waals surface area (Å²) in [5, 5.41) is 0. The molecule has 1 saturated heterocycles. The fourth-order valence-corrected chi connectivity index (χ4v) is 2.90. The second-order valence-corrected chi connectivity index (χ2v) is 5.58. The van der Waals surface area contributed by atoms with Crippen LogP contribution in [-0.2, 0) is 0 Å². The Morgan fingerprint density at radius 3 is 2.45 bits per heavy atom. The van der Waals surface area contributed by atoms with Gasteiger partial charge in [-0.1, -0.05) is 0 Å². The number of aryl methyl sites for hydroxylation is 1. The number of aliphatic imine (C=N–C) groups is 1. The molecule has 6 heteroatoms. The number of nitrogens with zero attached hydrogens (tertiary/aromatic N) is 3. The predicted molar refractivity (Wildman–Crippen MR) is 102 cm³/mol. The van der Waals surface area contributed by atoms with Crippen molar-refractivity contribution in [3.63, 3.8) is 0 Å². The first kappa shape index (κ1) is 19.3. The Morgan fingerprint density at radius 1 is 1.32 bits per heavy atom. The van der Waals surface area contributed by atoms with Crippen LogP contribution in [0.25, 0.3) is 0 Å². The average Bonchev–Trinajstić information content (AvgIpc) is 3.13. The summed E-state index contributed by atoms with van der Waals surface area (Å²) in [7, 11) is 0. The van der Waals surface area contributed by atoms with E-state index in [0.717, 1.165) is 37.7 Å². The topological polar surface area (TPSA) is 58.0 Å². The van der Waals surface area contributed by atoms with Gasteiger partial charge in [0.15, 0.2) is 5.96 Å². The second-order valence-electron chi connectivity index (χ2n) is 5.58. The Kier molecular flexibility index (Phi) is 8.24. The molecule has 0 bridgehead atoms. The van der Waals surface area contributed by atoms with Crippen LogP contribution < -0.4 is 5.73 Å². The molecule has 0 aliphatic carbocycles. The molecule has 22 heavy (non-hydrogen) atoms. The number of hydrogen-bond donors (Lipinski definition) is 1. The van der Waals surface area contributed by atoms with Crippen molar-refractivity contribution in [1.29, 1.82) is 0 Å². The summed E-state index contributed by atoms with van der Waals surface area (Å²) < 4.78 is 5.84. The average molecular weight is 420 g/mol. The fourth-order valence-electron chi connectivity index (χ4n) is 2.90. The standard InChI is InChI=1S/C16H28N4O.HI/c1-4-19(5-2)16(17)18-12-14(20-10-6-7-11-20)15-9-8-13(3)21-15;/h8-9,14H,4-7,10-12H2,1-3H3,(H2,17,18);1H. The van der Waals surface area contributed by atoms with Gasteiger partial charge in [-0.3, -0.25) is 9.89 Å². The second kappa shape index (κ2) is 9.39. The molecule has 0 spiro atoms. The first-order valence-corrected chi connectivity index (χ1v) is 8.01. The summed E-state index contributed by atoms with van der Waals surface area (Å²) in [6, 6.07) is 4.30. The van der Waals surface area contributed by atoms with Crippen molar-refractivity contribution < 1.29 is 4.42 Å². The van der Waals surface area contributed by atoms with Crippen LogP contribution in [-0.4, -0.2) is 48.5 Å². The van der Waals surface area contributed by atoms with E-state index in [1.807, 2.05) is 13.0 Å². The number of likely N-dealkylation sites (tertiary alicyclic amines) is 1. The Balaban J connectivity index is 0.00000242. The minimum atomic E-state index is 0. The highest BCUT2D eigenvalue weighted by Crippen LogP contribution is 2.26. The van der Waals surface area contributed by atoms with Gasteiger partial charge in [0.2, 0.25) is 0 Å². The van der Waals surface area contributed by atoms with E-state index in [1.165, 1.54) is 12.8 Å². The zero-order valence-corrected chi connectivity index (χ0v) is 16.2. The lowest BCUT2D eigenvalue weighted by Crippen LogP contribution is -2.38. The zero-order valence-electron chi connectivity index (χ0n) is 13.9. The van der Waals surface area contributed by atoms with Crippen LogP contribution in [0.2, 0.25) is 0 Å². The smallest absolute Gasteiger partial charge is 0.191 e. The maximum Gasteiger partial charge on any atom is 0.191 e. The van der Waals surface area contributed by atoms with E-state index >= 15 is 0 Å². The van der Waals surface area contributed by atoms with Gasteiger partial charge in [0.05, 0.1) is 12.6 Å². The van der Waals surface area contributed by atoms with E-state index in [0.29, 0.717) is 12.5 Å². The number of guanidine groups is 1. The lowest BCUT2D eigenvalue weighted by Gasteiger charge is -2.25. The largest absolute Gasteiger partial charge is 0.465 e. The minimum Gasteiger partial charge on any atom is -0.465 e. The summed E-state index contributed by atoms with van der Waals surface area (Å²) >= 11 is 0. The lowest BCUT2D eigenvalue weighted by molar-refractivity contribution is 0.219. The molecule has 1 aliphatic rings. The van der Waals surface area contributed by atoms with Gasteiger partial charge in [0.1, 0.15) is 11.5 Å². The molecule has 5 nitrogen and oxygen atoms in total. The van der Waals surface area contributed by atoms with E-state index in [9.17, 15) is 0 Å². The molecule has 1 aromatic heterocycles. The van der Waals surface area contributed by atoms with Gasteiger partial charge in [-0.2, -0.15) is 0 Å².